The average molecular weight is 301 g/mol. The number of hydrogen-bond donors (Lipinski definition) is 1. The molecule has 0 spiro atoms. The molecule has 1 aliphatic rings. The number of carbonyl (C=O) groups excluding carboxylic acids is 1. The lowest BCUT2D eigenvalue weighted by Gasteiger charge is -2.16. The van der Waals surface area contributed by atoms with E-state index in [1.54, 1.807) is 6.92 Å². The summed E-state index contributed by atoms with van der Waals surface area (Å²) in [5.74, 6) is -1.21. The molecule has 2 aromatic rings. The third-order valence-electron chi connectivity index (χ3n) is 4.19. The maximum Gasteiger partial charge on any atom is 0.352 e. The van der Waals surface area contributed by atoms with Gasteiger partial charge < -0.3 is 14.4 Å². The molecule has 0 unspecified atom stereocenters. The van der Waals surface area contributed by atoms with Crippen LogP contribution in [0.1, 0.15) is 41.4 Å². The molecule has 0 saturated heterocycles. The van der Waals surface area contributed by atoms with Gasteiger partial charge in [0, 0.05) is 18.4 Å². The Morgan fingerprint density at radius 1 is 1.36 bits per heavy atom. The van der Waals surface area contributed by atoms with Crippen molar-refractivity contribution in [3.05, 3.63) is 35.0 Å². The smallest absolute Gasteiger partial charge is 0.352 e. The van der Waals surface area contributed by atoms with E-state index in [1.807, 2.05) is 16.7 Å². The fourth-order valence-electron chi connectivity index (χ4n) is 3.37. The highest BCUT2D eigenvalue weighted by molar-refractivity contribution is 5.99. The molecule has 1 aromatic carbocycles. The van der Waals surface area contributed by atoms with E-state index in [0.717, 1.165) is 29.3 Å². The standard InChI is InChI=1S/C17H19NO4/c1-2-22-14(19)9-8-13-12-7-3-5-11-6-4-10-18(15(11)12)16(13)17(20)21/h3,5,7H,2,4,6,8-10H2,1H3,(H,20,21). The van der Waals surface area contributed by atoms with E-state index in [2.05, 4.69) is 6.07 Å². The van der Waals surface area contributed by atoms with Gasteiger partial charge in [0.25, 0.3) is 0 Å². The van der Waals surface area contributed by atoms with Gasteiger partial charge >= 0.3 is 11.9 Å². The predicted octanol–water partition coefficient (Wildman–Crippen LogP) is 2.78. The van der Waals surface area contributed by atoms with Crippen molar-refractivity contribution in [3.8, 4) is 0 Å². The third kappa shape index (κ3) is 2.36. The first-order valence-corrected chi connectivity index (χ1v) is 7.65. The second-order valence-electron chi connectivity index (χ2n) is 5.51. The van der Waals surface area contributed by atoms with Crippen LogP contribution in [0.25, 0.3) is 10.9 Å². The normalized spacial score (nSPS) is 13.3. The molecule has 0 fully saturated rings. The highest BCUT2D eigenvalue weighted by Gasteiger charge is 2.25. The van der Waals surface area contributed by atoms with Gasteiger partial charge in [0.15, 0.2) is 0 Å². The minimum absolute atomic E-state index is 0.206. The van der Waals surface area contributed by atoms with E-state index in [0.29, 0.717) is 25.3 Å². The van der Waals surface area contributed by atoms with E-state index >= 15 is 0 Å². The van der Waals surface area contributed by atoms with Gasteiger partial charge in [-0.3, -0.25) is 4.79 Å². The Labute approximate surface area is 128 Å². The van der Waals surface area contributed by atoms with Crippen molar-refractivity contribution in [2.24, 2.45) is 0 Å². The molecule has 1 aromatic heterocycles. The molecule has 0 saturated carbocycles. The van der Waals surface area contributed by atoms with Gasteiger partial charge in [-0.05, 0) is 37.3 Å². The minimum Gasteiger partial charge on any atom is -0.477 e. The van der Waals surface area contributed by atoms with Crippen LogP contribution < -0.4 is 0 Å². The number of carboxylic acid groups (broad SMARTS) is 1. The van der Waals surface area contributed by atoms with Crippen LogP contribution in [0.4, 0.5) is 0 Å². The Hall–Kier alpha value is -2.30. The topological polar surface area (TPSA) is 68.5 Å². The number of carbonyl (C=O) groups is 2. The highest BCUT2D eigenvalue weighted by atomic mass is 16.5. The third-order valence-corrected chi connectivity index (χ3v) is 4.19. The number of para-hydroxylation sites is 1. The number of nitrogens with zero attached hydrogens (tertiary/aromatic N) is 1. The van der Waals surface area contributed by atoms with E-state index in [1.165, 1.54) is 5.56 Å². The first kappa shape index (κ1) is 14.6. The van der Waals surface area contributed by atoms with Crippen molar-refractivity contribution >= 4 is 22.8 Å². The molecule has 0 amide bonds. The second kappa shape index (κ2) is 5.83. The van der Waals surface area contributed by atoms with Crippen molar-refractivity contribution in [3.63, 3.8) is 0 Å². The summed E-state index contributed by atoms with van der Waals surface area (Å²) in [6.07, 6.45) is 2.51. The molecule has 116 valence electrons. The number of rotatable bonds is 5. The highest BCUT2D eigenvalue weighted by Crippen LogP contribution is 2.33. The second-order valence-corrected chi connectivity index (χ2v) is 5.51. The first-order chi connectivity index (χ1) is 10.6. The molecular weight excluding hydrogens is 282 g/mol. The predicted molar refractivity (Wildman–Crippen MR) is 82.2 cm³/mol. The number of aromatic carboxylic acids is 1. The summed E-state index contributed by atoms with van der Waals surface area (Å²) in [6, 6.07) is 5.97. The van der Waals surface area contributed by atoms with Crippen LogP contribution in [0.5, 0.6) is 0 Å². The molecule has 22 heavy (non-hydrogen) atoms. The maximum atomic E-state index is 11.7. The van der Waals surface area contributed by atoms with Gasteiger partial charge in [-0.15, -0.1) is 0 Å². The quantitative estimate of drug-likeness (QED) is 0.862. The van der Waals surface area contributed by atoms with Crippen molar-refractivity contribution in [1.29, 1.82) is 0 Å². The largest absolute Gasteiger partial charge is 0.477 e. The molecule has 5 nitrogen and oxygen atoms in total. The molecule has 0 bridgehead atoms. The Balaban J connectivity index is 2.08. The summed E-state index contributed by atoms with van der Waals surface area (Å²) in [7, 11) is 0. The number of hydrogen-bond acceptors (Lipinski definition) is 3. The van der Waals surface area contributed by atoms with Gasteiger partial charge in [0.05, 0.1) is 12.1 Å². The van der Waals surface area contributed by atoms with Crippen LogP contribution in [0, 0.1) is 0 Å². The lowest BCUT2D eigenvalue weighted by molar-refractivity contribution is -0.143. The van der Waals surface area contributed by atoms with Crippen molar-refractivity contribution < 1.29 is 19.4 Å². The lowest BCUT2D eigenvalue weighted by atomic mass is 10.0. The number of benzene rings is 1. The first-order valence-electron chi connectivity index (χ1n) is 7.65. The molecule has 1 N–H and O–H groups in total. The van der Waals surface area contributed by atoms with Gasteiger partial charge in [0.1, 0.15) is 5.69 Å². The van der Waals surface area contributed by atoms with E-state index in [-0.39, 0.29) is 12.4 Å². The number of esters is 1. The fourth-order valence-corrected chi connectivity index (χ4v) is 3.37. The average Bonchev–Trinajstić information content (AvgIpc) is 2.82. The zero-order chi connectivity index (χ0) is 15.7. The van der Waals surface area contributed by atoms with Crippen LogP contribution in [0.3, 0.4) is 0 Å². The monoisotopic (exact) mass is 301 g/mol. The summed E-state index contributed by atoms with van der Waals surface area (Å²) >= 11 is 0. The number of carboxylic acids is 1. The number of aromatic nitrogens is 1. The molecule has 0 aliphatic carbocycles. The molecular formula is C17H19NO4. The Kier molecular flexibility index (Phi) is 3.88. The Morgan fingerprint density at radius 3 is 2.91 bits per heavy atom. The minimum atomic E-state index is -0.928. The zero-order valence-corrected chi connectivity index (χ0v) is 12.6. The summed E-state index contributed by atoms with van der Waals surface area (Å²) in [6.45, 7) is 2.83. The van der Waals surface area contributed by atoms with Crippen LogP contribution in [0.2, 0.25) is 0 Å². The van der Waals surface area contributed by atoms with E-state index in [4.69, 9.17) is 4.74 Å². The Bertz CT molecular complexity index is 745. The van der Waals surface area contributed by atoms with Gasteiger partial charge in [-0.2, -0.15) is 0 Å². The van der Waals surface area contributed by atoms with Crippen LogP contribution in [-0.2, 0) is 28.9 Å². The zero-order valence-electron chi connectivity index (χ0n) is 12.6. The number of aryl methyl sites for hydroxylation is 3. The summed E-state index contributed by atoms with van der Waals surface area (Å²) < 4.78 is 6.85. The van der Waals surface area contributed by atoms with E-state index < -0.39 is 5.97 Å². The lowest BCUT2D eigenvalue weighted by Crippen LogP contribution is -2.15. The van der Waals surface area contributed by atoms with E-state index in [9.17, 15) is 14.7 Å². The molecule has 1 aliphatic heterocycles. The summed E-state index contributed by atoms with van der Waals surface area (Å²) in [5, 5.41) is 10.6. The SMILES string of the molecule is CCOC(=O)CCc1c(C(=O)O)n2c3c(cccc13)CCC2. The van der Waals surface area contributed by atoms with Crippen LogP contribution >= 0.6 is 0 Å². The van der Waals surface area contributed by atoms with Crippen LogP contribution in [0.15, 0.2) is 18.2 Å². The van der Waals surface area contributed by atoms with Gasteiger partial charge in [-0.25, -0.2) is 4.79 Å². The van der Waals surface area contributed by atoms with Gasteiger partial charge in [0.2, 0.25) is 0 Å². The fraction of sp³-hybridized carbons (Fsp3) is 0.412. The van der Waals surface area contributed by atoms with Gasteiger partial charge in [-0.1, -0.05) is 18.2 Å². The van der Waals surface area contributed by atoms with Crippen molar-refractivity contribution in [1.82, 2.24) is 4.57 Å². The Morgan fingerprint density at radius 2 is 2.18 bits per heavy atom. The van der Waals surface area contributed by atoms with Crippen LogP contribution in [-0.4, -0.2) is 28.2 Å². The molecule has 3 rings (SSSR count). The number of ether oxygens (including phenoxy) is 1. The molecule has 0 radical (unpaired) electrons. The molecule has 5 heteroatoms. The molecule has 0 atom stereocenters. The maximum absolute atomic E-state index is 11.7. The van der Waals surface area contributed by atoms with Crippen molar-refractivity contribution in [2.75, 3.05) is 6.61 Å². The summed E-state index contributed by atoms with van der Waals surface area (Å²) in [4.78, 5) is 23.4. The summed E-state index contributed by atoms with van der Waals surface area (Å²) in [5.41, 5.74) is 3.28. The molecule has 2 heterocycles. The van der Waals surface area contributed by atoms with Crippen molar-refractivity contribution in [2.45, 2.75) is 39.2 Å².